The van der Waals surface area contributed by atoms with Crippen LogP contribution in [0.1, 0.15) is 19.4 Å². The van der Waals surface area contributed by atoms with Gasteiger partial charge < -0.3 is 14.8 Å². The lowest BCUT2D eigenvalue weighted by Gasteiger charge is -2.19. The van der Waals surface area contributed by atoms with Crippen molar-refractivity contribution in [2.75, 3.05) is 20.1 Å². The van der Waals surface area contributed by atoms with E-state index in [1.807, 2.05) is 36.6 Å². The van der Waals surface area contributed by atoms with Crippen molar-refractivity contribution in [2.24, 2.45) is 0 Å². The minimum absolute atomic E-state index is 0.173. The van der Waals surface area contributed by atoms with Gasteiger partial charge in [-0.05, 0) is 50.0 Å². The molecule has 2 rings (SSSR count). The van der Waals surface area contributed by atoms with Crippen molar-refractivity contribution in [2.45, 2.75) is 26.9 Å². The van der Waals surface area contributed by atoms with Crippen LogP contribution in [0.5, 0.6) is 0 Å². The van der Waals surface area contributed by atoms with Gasteiger partial charge in [0.1, 0.15) is 6.54 Å². The zero-order valence-corrected chi connectivity index (χ0v) is 12.5. The quantitative estimate of drug-likeness (QED) is 0.876. The number of amides is 1. The second-order valence-electron chi connectivity index (χ2n) is 4.93. The number of hydrogen-bond donors (Lipinski definition) is 1. The minimum Gasteiger partial charge on any atom is -0.342 e. The van der Waals surface area contributed by atoms with Crippen LogP contribution in [0, 0.1) is 0 Å². The van der Waals surface area contributed by atoms with Crippen LogP contribution in [0.15, 0.2) is 30.5 Å². The van der Waals surface area contributed by atoms with E-state index in [0.717, 1.165) is 25.2 Å². The van der Waals surface area contributed by atoms with E-state index < -0.39 is 0 Å². The Balaban J connectivity index is 2.21. The van der Waals surface area contributed by atoms with Gasteiger partial charge in [0, 0.05) is 31.3 Å². The molecule has 0 atom stereocenters. The van der Waals surface area contributed by atoms with Crippen LogP contribution in [0.4, 0.5) is 0 Å². The average molecular weight is 273 g/mol. The van der Waals surface area contributed by atoms with Gasteiger partial charge in [-0.3, -0.25) is 4.79 Å². The van der Waals surface area contributed by atoms with Gasteiger partial charge >= 0.3 is 0 Å². The van der Waals surface area contributed by atoms with E-state index in [2.05, 4.69) is 29.6 Å². The summed E-state index contributed by atoms with van der Waals surface area (Å²) in [5.41, 5.74) is 2.37. The van der Waals surface area contributed by atoms with E-state index in [1.165, 1.54) is 10.9 Å². The number of fused-ring (bicyclic) bond motifs is 1. The maximum atomic E-state index is 12.2. The number of aromatic nitrogens is 1. The first-order chi connectivity index (χ1) is 9.69. The maximum absolute atomic E-state index is 12.2. The molecule has 2 aromatic rings. The summed E-state index contributed by atoms with van der Waals surface area (Å²) in [5.74, 6) is 0.173. The van der Waals surface area contributed by atoms with Crippen molar-refractivity contribution >= 4 is 16.8 Å². The Bertz CT molecular complexity index is 584. The molecule has 4 heteroatoms. The summed E-state index contributed by atoms with van der Waals surface area (Å²) in [7, 11) is 1.94. The second kappa shape index (κ2) is 6.57. The lowest BCUT2D eigenvalue weighted by molar-refractivity contribution is -0.131. The number of benzene rings is 1. The third-order valence-electron chi connectivity index (χ3n) is 3.64. The Morgan fingerprint density at radius 3 is 2.65 bits per heavy atom. The molecule has 1 aromatic carbocycles. The summed E-state index contributed by atoms with van der Waals surface area (Å²) < 4.78 is 2.03. The molecule has 0 saturated carbocycles. The highest BCUT2D eigenvalue weighted by Gasteiger charge is 2.11. The number of nitrogens with zero attached hydrogens (tertiary/aromatic N) is 2. The Morgan fingerprint density at radius 2 is 2.00 bits per heavy atom. The van der Waals surface area contributed by atoms with Crippen molar-refractivity contribution in [1.82, 2.24) is 14.8 Å². The fourth-order valence-electron chi connectivity index (χ4n) is 2.52. The largest absolute Gasteiger partial charge is 0.342 e. The third-order valence-corrected chi connectivity index (χ3v) is 3.64. The van der Waals surface area contributed by atoms with Gasteiger partial charge in [0.05, 0.1) is 0 Å². The topological polar surface area (TPSA) is 37.3 Å². The maximum Gasteiger partial charge on any atom is 0.242 e. The highest BCUT2D eigenvalue weighted by atomic mass is 16.2. The zero-order chi connectivity index (χ0) is 14.5. The SMILES string of the molecule is CCN(CC)C(=O)Cn1ccc2cc(CNC)ccc21. The van der Waals surface area contributed by atoms with Crippen LogP contribution in [0.25, 0.3) is 10.9 Å². The number of likely N-dealkylation sites (N-methyl/N-ethyl adjacent to an activating group) is 1. The molecule has 0 aliphatic carbocycles. The van der Waals surface area contributed by atoms with Gasteiger partial charge in [0.25, 0.3) is 0 Å². The third kappa shape index (κ3) is 3.02. The normalized spacial score (nSPS) is 10.9. The molecular weight excluding hydrogens is 250 g/mol. The molecule has 1 N–H and O–H groups in total. The molecule has 4 nitrogen and oxygen atoms in total. The van der Waals surface area contributed by atoms with E-state index in [4.69, 9.17) is 0 Å². The molecule has 0 radical (unpaired) electrons. The zero-order valence-electron chi connectivity index (χ0n) is 12.5. The highest BCUT2D eigenvalue weighted by molar-refractivity contribution is 5.83. The first kappa shape index (κ1) is 14.6. The Kier molecular flexibility index (Phi) is 4.79. The summed E-state index contributed by atoms with van der Waals surface area (Å²) in [4.78, 5) is 14.0. The van der Waals surface area contributed by atoms with Crippen LogP contribution in [0.3, 0.4) is 0 Å². The minimum atomic E-state index is 0.173. The molecule has 0 bridgehead atoms. The Morgan fingerprint density at radius 1 is 1.25 bits per heavy atom. The molecule has 20 heavy (non-hydrogen) atoms. The standard InChI is InChI=1S/C16H23N3O/c1-4-18(5-2)16(20)12-19-9-8-14-10-13(11-17-3)6-7-15(14)19/h6-10,17H,4-5,11-12H2,1-3H3. The van der Waals surface area contributed by atoms with Crippen LogP contribution >= 0.6 is 0 Å². The van der Waals surface area contributed by atoms with Gasteiger partial charge in [0.15, 0.2) is 0 Å². The predicted molar refractivity (Wildman–Crippen MR) is 82.6 cm³/mol. The molecule has 1 amide bonds. The van der Waals surface area contributed by atoms with E-state index in [-0.39, 0.29) is 5.91 Å². The number of carbonyl (C=O) groups is 1. The fourth-order valence-corrected chi connectivity index (χ4v) is 2.52. The van der Waals surface area contributed by atoms with Gasteiger partial charge in [-0.25, -0.2) is 0 Å². The number of rotatable bonds is 6. The summed E-state index contributed by atoms with van der Waals surface area (Å²) in [5, 5.41) is 4.34. The van der Waals surface area contributed by atoms with E-state index >= 15 is 0 Å². The van der Waals surface area contributed by atoms with Crippen molar-refractivity contribution in [3.05, 3.63) is 36.0 Å². The smallest absolute Gasteiger partial charge is 0.242 e. The number of nitrogens with one attached hydrogen (secondary N) is 1. The lowest BCUT2D eigenvalue weighted by Crippen LogP contribution is -2.33. The molecule has 0 fully saturated rings. The first-order valence-electron chi connectivity index (χ1n) is 7.19. The second-order valence-corrected chi connectivity index (χ2v) is 4.93. The van der Waals surface area contributed by atoms with Crippen molar-refractivity contribution < 1.29 is 4.79 Å². The number of carbonyl (C=O) groups excluding carboxylic acids is 1. The molecular formula is C16H23N3O. The van der Waals surface area contributed by atoms with Crippen LogP contribution < -0.4 is 5.32 Å². The highest BCUT2D eigenvalue weighted by Crippen LogP contribution is 2.18. The van der Waals surface area contributed by atoms with Gasteiger partial charge in [0.2, 0.25) is 5.91 Å². The predicted octanol–water partition coefficient (Wildman–Crippen LogP) is 2.23. The molecule has 0 aliphatic rings. The molecule has 0 spiro atoms. The Hall–Kier alpha value is -1.81. The Labute approximate surface area is 120 Å². The van der Waals surface area contributed by atoms with Crippen molar-refractivity contribution in [3.8, 4) is 0 Å². The van der Waals surface area contributed by atoms with E-state index in [0.29, 0.717) is 6.54 Å². The first-order valence-corrected chi connectivity index (χ1v) is 7.19. The summed E-state index contributed by atoms with van der Waals surface area (Å²) in [6, 6.07) is 8.45. The van der Waals surface area contributed by atoms with Gasteiger partial charge in [-0.1, -0.05) is 6.07 Å². The van der Waals surface area contributed by atoms with E-state index in [9.17, 15) is 4.79 Å². The molecule has 108 valence electrons. The van der Waals surface area contributed by atoms with Crippen molar-refractivity contribution in [1.29, 1.82) is 0 Å². The molecule has 1 aromatic heterocycles. The van der Waals surface area contributed by atoms with E-state index in [1.54, 1.807) is 0 Å². The van der Waals surface area contributed by atoms with Crippen molar-refractivity contribution in [3.63, 3.8) is 0 Å². The summed E-state index contributed by atoms with van der Waals surface area (Å²) in [6.45, 7) is 6.83. The molecule has 1 heterocycles. The summed E-state index contributed by atoms with van der Waals surface area (Å²) >= 11 is 0. The average Bonchev–Trinajstić information content (AvgIpc) is 2.83. The molecule has 0 unspecified atom stereocenters. The summed E-state index contributed by atoms with van der Waals surface area (Å²) in [6.07, 6.45) is 2.00. The van der Waals surface area contributed by atoms with Gasteiger partial charge in [-0.2, -0.15) is 0 Å². The fraction of sp³-hybridized carbons (Fsp3) is 0.438. The van der Waals surface area contributed by atoms with Crippen LogP contribution in [-0.4, -0.2) is 35.5 Å². The molecule has 0 aliphatic heterocycles. The monoisotopic (exact) mass is 273 g/mol. The van der Waals surface area contributed by atoms with Crippen LogP contribution in [0.2, 0.25) is 0 Å². The number of hydrogen-bond acceptors (Lipinski definition) is 2. The van der Waals surface area contributed by atoms with Crippen LogP contribution in [-0.2, 0) is 17.9 Å². The lowest BCUT2D eigenvalue weighted by atomic mass is 10.1. The molecule has 0 saturated heterocycles. The van der Waals surface area contributed by atoms with Gasteiger partial charge in [-0.15, -0.1) is 0 Å².